The van der Waals surface area contributed by atoms with E-state index in [-0.39, 0.29) is 5.91 Å². The van der Waals surface area contributed by atoms with E-state index in [2.05, 4.69) is 5.32 Å². The van der Waals surface area contributed by atoms with Gasteiger partial charge in [-0.2, -0.15) is 0 Å². The topological polar surface area (TPSA) is 64.3 Å². The molecule has 0 saturated heterocycles. The molecule has 0 spiro atoms. The van der Waals surface area contributed by atoms with Crippen LogP contribution < -0.4 is 15.8 Å². The first kappa shape index (κ1) is 15.8. The molecule has 1 aliphatic rings. The van der Waals surface area contributed by atoms with Crippen LogP contribution in [0, 0.1) is 5.41 Å². The highest BCUT2D eigenvalue weighted by Gasteiger charge is 2.41. The van der Waals surface area contributed by atoms with Crippen LogP contribution in [0.25, 0.3) is 0 Å². The Kier molecular flexibility index (Phi) is 5.17. The van der Waals surface area contributed by atoms with E-state index in [1.807, 2.05) is 18.2 Å². The van der Waals surface area contributed by atoms with Crippen LogP contribution in [0.4, 0.5) is 5.69 Å². The van der Waals surface area contributed by atoms with E-state index >= 15 is 0 Å². The molecule has 4 nitrogen and oxygen atoms in total. The fraction of sp³-hybridized carbons (Fsp3) is 0.500. The zero-order chi connectivity index (χ0) is 15.3. The van der Waals surface area contributed by atoms with Crippen molar-refractivity contribution in [3.8, 4) is 5.75 Å². The molecular formula is C16H22N2O2S. The van der Waals surface area contributed by atoms with Crippen LogP contribution in [-0.4, -0.2) is 18.0 Å². The fourth-order valence-corrected chi connectivity index (χ4v) is 3.17. The van der Waals surface area contributed by atoms with Gasteiger partial charge in [-0.1, -0.05) is 44.0 Å². The number of hydrogen-bond donors (Lipinski definition) is 2. The summed E-state index contributed by atoms with van der Waals surface area (Å²) in [5.74, 6) is 0.614. The molecule has 1 saturated carbocycles. The zero-order valence-electron chi connectivity index (χ0n) is 12.4. The Hall–Kier alpha value is -1.62. The molecule has 2 rings (SSSR count). The molecular weight excluding hydrogens is 284 g/mol. The van der Waals surface area contributed by atoms with Crippen molar-refractivity contribution in [3.63, 3.8) is 0 Å². The monoisotopic (exact) mass is 306 g/mol. The molecule has 21 heavy (non-hydrogen) atoms. The van der Waals surface area contributed by atoms with E-state index in [1.54, 1.807) is 13.2 Å². The summed E-state index contributed by atoms with van der Waals surface area (Å²) in [6, 6.07) is 7.31. The number of carbonyl (C=O) groups excluding carboxylic acids is 1. The summed E-state index contributed by atoms with van der Waals surface area (Å²) in [7, 11) is 1.60. The van der Waals surface area contributed by atoms with E-state index in [0.29, 0.717) is 16.4 Å². The van der Waals surface area contributed by atoms with Gasteiger partial charge in [0.2, 0.25) is 5.91 Å². The van der Waals surface area contributed by atoms with Crippen molar-refractivity contribution in [1.29, 1.82) is 0 Å². The van der Waals surface area contributed by atoms with Gasteiger partial charge in [0.05, 0.1) is 17.5 Å². The van der Waals surface area contributed by atoms with Gasteiger partial charge in [-0.25, -0.2) is 0 Å². The maximum Gasteiger partial charge on any atom is 0.237 e. The van der Waals surface area contributed by atoms with Gasteiger partial charge in [-0.3, -0.25) is 4.79 Å². The smallest absolute Gasteiger partial charge is 0.237 e. The third kappa shape index (κ3) is 3.53. The average molecular weight is 306 g/mol. The molecule has 1 aliphatic carbocycles. The molecule has 5 heteroatoms. The number of carbonyl (C=O) groups is 1. The van der Waals surface area contributed by atoms with Crippen LogP contribution >= 0.6 is 12.2 Å². The number of methoxy groups -OCH3 is 1. The number of ether oxygens (including phenoxy) is 1. The Morgan fingerprint density at radius 2 is 1.95 bits per heavy atom. The normalized spacial score (nSPS) is 17.6. The number of rotatable bonds is 4. The third-order valence-corrected chi connectivity index (χ3v) is 4.58. The van der Waals surface area contributed by atoms with Crippen molar-refractivity contribution >= 4 is 28.8 Å². The van der Waals surface area contributed by atoms with Crippen molar-refractivity contribution in [2.75, 3.05) is 12.4 Å². The van der Waals surface area contributed by atoms with Gasteiger partial charge in [0.15, 0.2) is 0 Å². The van der Waals surface area contributed by atoms with Crippen LogP contribution in [0.1, 0.15) is 38.5 Å². The second kappa shape index (κ2) is 6.89. The summed E-state index contributed by atoms with van der Waals surface area (Å²) in [4.78, 5) is 13.1. The third-order valence-electron chi connectivity index (χ3n) is 4.19. The minimum atomic E-state index is -0.713. The van der Waals surface area contributed by atoms with Crippen LogP contribution in [0.3, 0.4) is 0 Å². The predicted molar refractivity (Wildman–Crippen MR) is 88.5 cm³/mol. The lowest BCUT2D eigenvalue weighted by atomic mass is 9.79. The van der Waals surface area contributed by atoms with Gasteiger partial charge >= 0.3 is 0 Å². The van der Waals surface area contributed by atoms with Crippen LogP contribution in [0.2, 0.25) is 0 Å². The van der Waals surface area contributed by atoms with E-state index in [0.717, 1.165) is 38.5 Å². The highest BCUT2D eigenvalue weighted by molar-refractivity contribution is 7.80. The first-order valence-corrected chi connectivity index (χ1v) is 7.75. The predicted octanol–water partition coefficient (Wildman–Crippen LogP) is 3.26. The quantitative estimate of drug-likeness (QED) is 0.662. The van der Waals surface area contributed by atoms with Gasteiger partial charge in [-0.05, 0) is 25.0 Å². The lowest BCUT2D eigenvalue weighted by Gasteiger charge is -2.30. The lowest BCUT2D eigenvalue weighted by molar-refractivity contribution is -0.122. The zero-order valence-corrected chi connectivity index (χ0v) is 13.2. The van der Waals surface area contributed by atoms with Crippen LogP contribution in [0.5, 0.6) is 5.75 Å². The highest BCUT2D eigenvalue weighted by Crippen LogP contribution is 2.37. The maximum atomic E-state index is 12.8. The number of anilines is 1. The Bertz CT molecular complexity index is 523. The van der Waals surface area contributed by atoms with Crippen LogP contribution in [0.15, 0.2) is 24.3 Å². The first-order chi connectivity index (χ1) is 10.1. The van der Waals surface area contributed by atoms with Gasteiger partial charge in [0.1, 0.15) is 5.75 Å². The summed E-state index contributed by atoms with van der Waals surface area (Å²) in [5, 5.41) is 2.95. The molecule has 114 valence electrons. The standard InChI is InChI=1S/C16H22N2O2S/c1-20-13-8-6-7-12(11-13)18-15(19)16(14(17)21)9-4-2-3-5-10-16/h6-8,11H,2-5,9-10H2,1H3,(H2,17,21)(H,18,19). The fourth-order valence-electron chi connectivity index (χ4n) is 2.87. The minimum absolute atomic E-state index is 0.0925. The first-order valence-electron chi connectivity index (χ1n) is 7.34. The van der Waals surface area contributed by atoms with Gasteiger partial charge in [-0.15, -0.1) is 0 Å². The molecule has 0 aromatic heterocycles. The Balaban J connectivity index is 2.20. The second-order valence-electron chi connectivity index (χ2n) is 5.55. The van der Waals surface area contributed by atoms with Gasteiger partial charge in [0, 0.05) is 11.8 Å². The Labute approximate surface area is 131 Å². The number of hydrogen-bond acceptors (Lipinski definition) is 3. The van der Waals surface area contributed by atoms with Gasteiger partial charge in [0.25, 0.3) is 0 Å². The molecule has 3 N–H and O–H groups in total. The van der Waals surface area contributed by atoms with E-state index in [1.165, 1.54) is 0 Å². The molecule has 1 aromatic carbocycles. The average Bonchev–Trinajstić information content (AvgIpc) is 2.74. The number of amides is 1. The van der Waals surface area contributed by atoms with Gasteiger partial charge < -0.3 is 15.8 Å². The largest absolute Gasteiger partial charge is 0.497 e. The number of thiocarbonyl (C=S) groups is 1. The molecule has 0 radical (unpaired) electrons. The molecule has 0 atom stereocenters. The molecule has 0 aliphatic heterocycles. The highest BCUT2D eigenvalue weighted by atomic mass is 32.1. The van der Waals surface area contributed by atoms with Crippen molar-refractivity contribution in [1.82, 2.24) is 0 Å². The van der Waals surface area contributed by atoms with Crippen molar-refractivity contribution in [2.45, 2.75) is 38.5 Å². The summed E-state index contributed by atoms with van der Waals surface area (Å²) in [5.41, 5.74) is 5.92. The molecule has 0 bridgehead atoms. The maximum absolute atomic E-state index is 12.8. The number of nitrogens with one attached hydrogen (secondary N) is 1. The SMILES string of the molecule is COc1cccc(NC(=O)C2(C(N)=S)CCCCCC2)c1. The van der Waals surface area contributed by atoms with Crippen molar-refractivity contribution in [2.24, 2.45) is 11.1 Å². The Morgan fingerprint density at radius 1 is 1.29 bits per heavy atom. The molecule has 0 heterocycles. The number of nitrogens with two attached hydrogens (primary N) is 1. The van der Waals surface area contributed by atoms with E-state index < -0.39 is 5.41 Å². The molecule has 1 fully saturated rings. The van der Waals surface area contributed by atoms with Crippen molar-refractivity contribution < 1.29 is 9.53 Å². The van der Waals surface area contributed by atoms with E-state index in [4.69, 9.17) is 22.7 Å². The summed E-state index contributed by atoms with van der Waals surface area (Å²) < 4.78 is 5.17. The summed E-state index contributed by atoms with van der Waals surface area (Å²) in [6.07, 6.45) is 5.72. The number of benzene rings is 1. The molecule has 1 aromatic rings. The van der Waals surface area contributed by atoms with Crippen molar-refractivity contribution in [3.05, 3.63) is 24.3 Å². The van der Waals surface area contributed by atoms with E-state index in [9.17, 15) is 4.79 Å². The minimum Gasteiger partial charge on any atom is -0.497 e. The summed E-state index contributed by atoms with van der Waals surface area (Å²) >= 11 is 5.22. The molecule has 1 amide bonds. The molecule has 0 unspecified atom stereocenters. The summed E-state index contributed by atoms with van der Waals surface area (Å²) in [6.45, 7) is 0. The van der Waals surface area contributed by atoms with Crippen LogP contribution in [-0.2, 0) is 4.79 Å². The lowest BCUT2D eigenvalue weighted by Crippen LogP contribution is -2.45. The Morgan fingerprint density at radius 3 is 2.52 bits per heavy atom. The second-order valence-corrected chi connectivity index (χ2v) is 5.99.